The van der Waals surface area contributed by atoms with Crippen LogP contribution in [0, 0.1) is 0 Å². The van der Waals surface area contributed by atoms with Crippen molar-refractivity contribution in [2.45, 2.75) is 74.1 Å². The number of fused-ring (bicyclic) bond motifs is 1. The van der Waals surface area contributed by atoms with Gasteiger partial charge in [-0.15, -0.1) is 34.7 Å². The number of carbonyl (C=O) groups excluding carboxylic acids is 3. The molecule has 0 radical (unpaired) electrons. The Morgan fingerprint density at radius 1 is 1.35 bits per heavy atom. The highest BCUT2D eigenvalue weighted by Gasteiger charge is 2.64. The van der Waals surface area contributed by atoms with E-state index >= 15 is 0 Å². The zero-order valence-electron chi connectivity index (χ0n) is 18.9. The summed E-state index contributed by atoms with van der Waals surface area (Å²) >= 11 is 8.16. The molecular weight excluding hydrogens is 500 g/mol. The van der Waals surface area contributed by atoms with Crippen molar-refractivity contribution < 1.29 is 24.3 Å². The molecule has 34 heavy (non-hydrogen) atoms. The van der Waals surface area contributed by atoms with Crippen LogP contribution in [0.3, 0.4) is 0 Å². The second kappa shape index (κ2) is 9.87. The molecule has 184 valence electrons. The summed E-state index contributed by atoms with van der Waals surface area (Å²) in [6.45, 7) is 3.59. The predicted molar refractivity (Wildman–Crippen MR) is 131 cm³/mol. The van der Waals surface area contributed by atoms with Crippen molar-refractivity contribution in [1.29, 1.82) is 0 Å². The molecule has 3 amide bonds. The van der Waals surface area contributed by atoms with Crippen molar-refractivity contribution in [1.82, 2.24) is 15.2 Å². The average molecular weight is 527 g/mol. The Hall–Kier alpha value is -2.11. The van der Waals surface area contributed by atoms with Crippen LogP contribution in [-0.2, 0) is 19.2 Å². The summed E-state index contributed by atoms with van der Waals surface area (Å²) in [7, 11) is 0. The third-order valence-electron chi connectivity index (χ3n) is 6.39. The topological polar surface area (TPSA) is 129 Å². The number of nitrogens with one attached hydrogen (secondary N) is 2. The zero-order valence-corrected chi connectivity index (χ0v) is 21.3. The minimum absolute atomic E-state index is 0.196. The number of anilines is 1. The van der Waals surface area contributed by atoms with E-state index in [0.717, 1.165) is 25.7 Å². The molecule has 1 unspecified atom stereocenters. The number of hydrogen-bond acceptors (Lipinski definition) is 7. The quantitative estimate of drug-likeness (QED) is 0.270. The highest BCUT2D eigenvalue weighted by atomic mass is 35.5. The smallest absolute Gasteiger partial charge is 0.327 e. The van der Waals surface area contributed by atoms with Gasteiger partial charge in [0.25, 0.3) is 0 Å². The van der Waals surface area contributed by atoms with Gasteiger partial charge in [-0.05, 0) is 46.0 Å². The molecule has 0 aromatic carbocycles. The largest absolute Gasteiger partial charge is 0.480 e. The molecule has 9 nitrogen and oxygen atoms in total. The lowest BCUT2D eigenvalue weighted by Crippen LogP contribution is -2.70. The van der Waals surface area contributed by atoms with Gasteiger partial charge in [0.1, 0.15) is 23.3 Å². The lowest BCUT2D eigenvalue weighted by molar-refractivity contribution is -0.161. The van der Waals surface area contributed by atoms with E-state index in [9.17, 15) is 24.3 Å². The van der Waals surface area contributed by atoms with E-state index in [1.165, 1.54) is 33.6 Å². The zero-order chi connectivity index (χ0) is 24.6. The molecule has 3 heterocycles. The third-order valence-corrected chi connectivity index (χ3v) is 8.98. The first-order valence-electron chi connectivity index (χ1n) is 11.1. The number of halogens is 1. The molecular formula is C22H27ClN4O5S2. The fourth-order valence-electron chi connectivity index (χ4n) is 4.74. The number of carboxylic acids is 1. The summed E-state index contributed by atoms with van der Waals surface area (Å²) in [4.78, 5) is 55.5. The Labute approximate surface area is 210 Å². The van der Waals surface area contributed by atoms with Crippen LogP contribution in [0.5, 0.6) is 0 Å². The van der Waals surface area contributed by atoms with Gasteiger partial charge in [-0.2, -0.15) is 0 Å². The van der Waals surface area contributed by atoms with E-state index < -0.39 is 34.1 Å². The Balaban J connectivity index is 1.52. The molecule has 1 aromatic heterocycles. The van der Waals surface area contributed by atoms with E-state index in [1.54, 1.807) is 19.2 Å². The maximum absolute atomic E-state index is 13.4. The van der Waals surface area contributed by atoms with Crippen LogP contribution in [-0.4, -0.2) is 66.8 Å². The summed E-state index contributed by atoms with van der Waals surface area (Å²) in [5.41, 5.74) is 1.69. The van der Waals surface area contributed by atoms with Gasteiger partial charge in [-0.25, -0.2) is 9.78 Å². The van der Waals surface area contributed by atoms with Crippen molar-refractivity contribution in [3.05, 3.63) is 22.7 Å². The van der Waals surface area contributed by atoms with Gasteiger partial charge in [0.15, 0.2) is 5.13 Å². The van der Waals surface area contributed by atoms with Crippen LogP contribution in [0.1, 0.15) is 57.6 Å². The Kier molecular flexibility index (Phi) is 7.25. The summed E-state index contributed by atoms with van der Waals surface area (Å²) in [5, 5.41) is 16.8. The van der Waals surface area contributed by atoms with E-state index in [4.69, 9.17) is 11.6 Å². The van der Waals surface area contributed by atoms with Gasteiger partial charge < -0.3 is 20.6 Å². The van der Waals surface area contributed by atoms with E-state index in [1.807, 2.05) is 0 Å². The molecule has 4 rings (SSSR count). The highest BCUT2D eigenvalue weighted by molar-refractivity contribution is 8.01. The minimum Gasteiger partial charge on any atom is -0.480 e. The molecule has 2 saturated heterocycles. The second-order valence-electron chi connectivity index (χ2n) is 9.21. The lowest BCUT2D eigenvalue weighted by Gasteiger charge is -2.44. The SMILES string of the molecule is CC1(C)S[C@@H]2[C@H](NC(=O)C(CC3=CCCCC3)c3csc(NC(=O)CCl)n3)C(=O)N2[C@H]1C(=O)O. The van der Waals surface area contributed by atoms with Gasteiger partial charge in [-0.3, -0.25) is 14.4 Å². The number of rotatable bonds is 8. The fourth-order valence-corrected chi connectivity index (χ4v) is 7.21. The molecule has 1 aromatic rings. The Morgan fingerprint density at radius 3 is 2.76 bits per heavy atom. The number of β-lactam (4-membered cyclic amide) rings is 1. The van der Waals surface area contributed by atoms with E-state index in [0.29, 0.717) is 17.2 Å². The first-order valence-corrected chi connectivity index (χ1v) is 13.4. The number of carbonyl (C=O) groups is 4. The number of aromatic nitrogens is 1. The maximum Gasteiger partial charge on any atom is 0.327 e. The molecule has 0 spiro atoms. The van der Waals surface area contributed by atoms with Crippen LogP contribution in [0.2, 0.25) is 0 Å². The average Bonchev–Trinajstić information content (AvgIpc) is 3.36. The number of nitrogens with zero attached hydrogens (tertiary/aromatic N) is 2. The first kappa shape index (κ1) is 25.0. The molecule has 0 saturated carbocycles. The molecule has 3 N–H and O–H groups in total. The highest BCUT2D eigenvalue weighted by Crippen LogP contribution is 2.51. The van der Waals surface area contributed by atoms with Crippen LogP contribution < -0.4 is 10.6 Å². The Morgan fingerprint density at radius 2 is 2.12 bits per heavy atom. The fraction of sp³-hybridized carbons (Fsp3) is 0.591. The van der Waals surface area contributed by atoms with Gasteiger partial charge >= 0.3 is 5.97 Å². The standard InChI is InChI=1S/C22H27ClN4O5S2/c1-22(2)16(20(31)32)27-18(30)15(19(27)34-22)26-17(29)12(8-11-6-4-3-5-7-11)13-10-33-21(24-13)25-14(28)9-23/h6,10,12,15-16,19H,3-5,7-9H2,1-2H3,(H,26,29)(H,31,32)(H,24,25,28)/t12?,15-,16+,19-/m1/s1. The number of thioether (sulfide) groups is 1. The van der Waals surface area contributed by atoms with Gasteiger partial charge in [0, 0.05) is 10.1 Å². The monoisotopic (exact) mass is 526 g/mol. The summed E-state index contributed by atoms with van der Waals surface area (Å²) in [6.07, 6.45) is 6.71. The van der Waals surface area contributed by atoms with Crippen LogP contribution >= 0.6 is 34.7 Å². The number of allylic oxidation sites excluding steroid dienone is 2. The molecule has 2 aliphatic heterocycles. The van der Waals surface area contributed by atoms with Crippen LogP contribution in [0.25, 0.3) is 0 Å². The predicted octanol–water partition coefficient (Wildman–Crippen LogP) is 2.93. The number of hydrogen-bond donors (Lipinski definition) is 3. The number of aliphatic carboxylic acids is 1. The number of carboxylic acid groups (broad SMARTS) is 1. The third kappa shape index (κ3) is 4.83. The molecule has 0 bridgehead atoms. The second-order valence-corrected chi connectivity index (χ2v) is 12.1. The summed E-state index contributed by atoms with van der Waals surface area (Å²) < 4.78 is -0.664. The summed E-state index contributed by atoms with van der Waals surface area (Å²) in [5.74, 6) is -2.96. The molecule has 1 aliphatic carbocycles. The van der Waals surface area contributed by atoms with Crippen molar-refractivity contribution in [2.75, 3.05) is 11.2 Å². The van der Waals surface area contributed by atoms with Gasteiger partial charge in [0.05, 0.1) is 11.6 Å². The van der Waals surface area contributed by atoms with Crippen LogP contribution in [0.4, 0.5) is 5.13 Å². The van der Waals surface area contributed by atoms with Crippen molar-refractivity contribution >= 4 is 63.5 Å². The van der Waals surface area contributed by atoms with Crippen LogP contribution in [0.15, 0.2) is 17.0 Å². The van der Waals surface area contributed by atoms with Crippen molar-refractivity contribution in [3.8, 4) is 0 Å². The number of thiazole rings is 1. The molecule has 2 fully saturated rings. The van der Waals surface area contributed by atoms with E-state index in [-0.39, 0.29) is 23.6 Å². The van der Waals surface area contributed by atoms with Gasteiger partial charge in [-0.1, -0.05) is 11.6 Å². The van der Waals surface area contributed by atoms with E-state index in [2.05, 4.69) is 21.7 Å². The minimum atomic E-state index is -1.05. The maximum atomic E-state index is 13.4. The molecule has 12 heteroatoms. The van der Waals surface area contributed by atoms with Crippen molar-refractivity contribution in [3.63, 3.8) is 0 Å². The summed E-state index contributed by atoms with van der Waals surface area (Å²) in [6, 6.07) is -1.71. The molecule has 3 aliphatic rings. The van der Waals surface area contributed by atoms with Gasteiger partial charge in [0.2, 0.25) is 17.7 Å². The van der Waals surface area contributed by atoms with Crippen molar-refractivity contribution in [2.24, 2.45) is 0 Å². The lowest BCUT2D eigenvalue weighted by atomic mass is 9.88. The normalized spacial score (nSPS) is 26.2. The first-order chi connectivity index (χ1) is 16.1. The number of amides is 3. The number of alkyl halides is 1. The molecule has 4 atom stereocenters. The Bertz CT molecular complexity index is 1040.